The van der Waals surface area contributed by atoms with Gasteiger partial charge >= 0.3 is 0 Å². The lowest BCUT2D eigenvalue weighted by atomic mass is 10.1. The first kappa shape index (κ1) is 17.7. The summed E-state index contributed by atoms with van der Waals surface area (Å²) in [5.74, 6) is -0.102. The number of rotatable bonds is 5. The fourth-order valence-electron chi connectivity index (χ4n) is 2.88. The van der Waals surface area contributed by atoms with Gasteiger partial charge in [0.1, 0.15) is 0 Å². The molecule has 1 aromatic rings. The summed E-state index contributed by atoms with van der Waals surface area (Å²) < 4.78 is 0.812. The first-order valence-corrected chi connectivity index (χ1v) is 8.50. The van der Waals surface area contributed by atoms with Crippen LogP contribution >= 0.6 is 15.9 Å². The number of hydrogen-bond acceptors (Lipinski definition) is 2. The lowest BCUT2D eigenvalue weighted by Crippen LogP contribution is -2.34. The normalized spacial score (nSPS) is 21.3. The van der Waals surface area contributed by atoms with Gasteiger partial charge in [0, 0.05) is 4.47 Å². The molecular formula is C18H23BrN2O2. The van der Waals surface area contributed by atoms with Crippen molar-refractivity contribution in [3.8, 4) is 0 Å². The molecule has 1 aromatic carbocycles. The lowest BCUT2D eigenvalue weighted by Gasteiger charge is -2.09. The maximum atomic E-state index is 12.3. The van der Waals surface area contributed by atoms with Gasteiger partial charge in [0.05, 0.1) is 18.2 Å². The van der Waals surface area contributed by atoms with E-state index in [9.17, 15) is 9.59 Å². The summed E-state index contributed by atoms with van der Waals surface area (Å²) in [7, 11) is 0. The van der Waals surface area contributed by atoms with Crippen LogP contribution in [0.15, 0.2) is 40.4 Å². The molecule has 0 heterocycles. The number of benzene rings is 1. The largest absolute Gasteiger partial charge is 0.347 e. The molecule has 124 valence electrons. The molecule has 0 bridgehead atoms. The van der Waals surface area contributed by atoms with Crippen LogP contribution < -0.4 is 10.6 Å². The van der Waals surface area contributed by atoms with E-state index in [0.29, 0.717) is 5.69 Å². The zero-order valence-electron chi connectivity index (χ0n) is 13.9. The van der Waals surface area contributed by atoms with Gasteiger partial charge in [-0.05, 0) is 53.2 Å². The van der Waals surface area contributed by atoms with Crippen LogP contribution in [0.2, 0.25) is 0 Å². The second-order valence-electron chi connectivity index (χ2n) is 6.81. The van der Waals surface area contributed by atoms with E-state index in [-0.39, 0.29) is 35.6 Å². The molecule has 0 radical (unpaired) electrons. The Morgan fingerprint density at radius 3 is 2.52 bits per heavy atom. The van der Waals surface area contributed by atoms with E-state index < -0.39 is 0 Å². The molecule has 2 unspecified atom stereocenters. The van der Waals surface area contributed by atoms with Crippen LogP contribution in [0.25, 0.3) is 0 Å². The summed E-state index contributed by atoms with van der Waals surface area (Å²) in [6.45, 7) is 8.22. The Hall–Kier alpha value is -1.62. The number of nitrogens with one attached hydrogen (secondary N) is 2. The lowest BCUT2D eigenvalue weighted by molar-refractivity contribution is -0.125. The Morgan fingerprint density at radius 1 is 1.26 bits per heavy atom. The van der Waals surface area contributed by atoms with Crippen molar-refractivity contribution >= 4 is 33.4 Å². The Morgan fingerprint density at radius 2 is 1.91 bits per heavy atom. The molecule has 0 aromatic heterocycles. The van der Waals surface area contributed by atoms with Crippen molar-refractivity contribution in [2.24, 2.45) is 17.3 Å². The average molecular weight is 379 g/mol. The van der Waals surface area contributed by atoms with Gasteiger partial charge in [-0.1, -0.05) is 37.6 Å². The summed E-state index contributed by atoms with van der Waals surface area (Å²) in [5, 5.41) is 5.52. The fourth-order valence-corrected chi connectivity index (χ4v) is 3.27. The standard InChI is InChI=1S/C18H23BrN2O2/c1-11(2)9-12-16(18(12,3)4)17(23)20-10-15(22)21-14-8-6-5-7-13(14)19/h5-9,12,16H,10H2,1-4H3,(H,20,23)(H,21,22). The Labute approximate surface area is 145 Å². The maximum Gasteiger partial charge on any atom is 0.243 e. The molecule has 2 amide bonds. The summed E-state index contributed by atoms with van der Waals surface area (Å²) in [6, 6.07) is 7.37. The van der Waals surface area contributed by atoms with E-state index in [1.165, 1.54) is 5.57 Å². The molecule has 2 rings (SSSR count). The molecule has 1 saturated carbocycles. The van der Waals surface area contributed by atoms with Crippen molar-refractivity contribution < 1.29 is 9.59 Å². The van der Waals surface area contributed by atoms with Crippen LogP contribution in [-0.4, -0.2) is 18.4 Å². The highest BCUT2D eigenvalue weighted by Gasteiger charge is 2.60. The number of amides is 2. The average Bonchev–Trinajstić information content (AvgIpc) is 2.99. The van der Waals surface area contributed by atoms with Crippen LogP contribution in [0, 0.1) is 17.3 Å². The number of hydrogen-bond donors (Lipinski definition) is 2. The predicted molar refractivity (Wildman–Crippen MR) is 96.0 cm³/mol. The highest BCUT2D eigenvalue weighted by Crippen LogP contribution is 2.59. The van der Waals surface area contributed by atoms with Gasteiger partial charge in [-0.3, -0.25) is 9.59 Å². The van der Waals surface area contributed by atoms with Gasteiger partial charge in [-0.2, -0.15) is 0 Å². The van der Waals surface area contributed by atoms with Crippen molar-refractivity contribution in [2.75, 3.05) is 11.9 Å². The summed E-state index contributed by atoms with van der Waals surface area (Å²) in [6.07, 6.45) is 2.14. The number of allylic oxidation sites excluding steroid dienone is 2. The third-order valence-corrected chi connectivity index (χ3v) is 4.97. The van der Waals surface area contributed by atoms with Gasteiger partial charge in [0.15, 0.2) is 0 Å². The van der Waals surface area contributed by atoms with E-state index >= 15 is 0 Å². The molecule has 0 spiro atoms. The molecule has 2 atom stereocenters. The van der Waals surface area contributed by atoms with Crippen molar-refractivity contribution in [1.29, 1.82) is 0 Å². The van der Waals surface area contributed by atoms with Gasteiger partial charge < -0.3 is 10.6 Å². The zero-order chi connectivity index (χ0) is 17.2. The molecule has 4 nitrogen and oxygen atoms in total. The smallest absolute Gasteiger partial charge is 0.243 e. The molecule has 2 N–H and O–H groups in total. The zero-order valence-corrected chi connectivity index (χ0v) is 15.5. The fraction of sp³-hybridized carbons (Fsp3) is 0.444. The third-order valence-electron chi connectivity index (χ3n) is 4.28. The van der Waals surface area contributed by atoms with Crippen LogP contribution in [-0.2, 0) is 9.59 Å². The Kier molecular flexibility index (Phi) is 5.30. The van der Waals surface area contributed by atoms with Crippen molar-refractivity contribution in [1.82, 2.24) is 5.32 Å². The Bertz CT molecular complexity index is 648. The first-order valence-electron chi connectivity index (χ1n) is 7.70. The number of para-hydroxylation sites is 1. The second-order valence-corrected chi connectivity index (χ2v) is 7.67. The molecule has 5 heteroatoms. The number of carbonyl (C=O) groups excluding carboxylic acids is 2. The highest BCUT2D eigenvalue weighted by molar-refractivity contribution is 9.10. The van der Waals surface area contributed by atoms with Gasteiger partial charge in [-0.25, -0.2) is 0 Å². The minimum atomic E-state index is -0.234. The molecule has 0 saturated heterocycles. The van der Waals surface area contributed by atoms with E-state index in [1.807, 2.05) is 32.0 Å². The monoisotopic (exact) mass is 378 g/mol. The second kappa shape index (κ2) is 6.87. The summed E-state index contributed by atoms with van der Waals surface area (Å²) >= 11 is 3.38. The molecule has 1 aliphatic rings. The van der Waals surface area contributed by atoms with E-state index in [2.05, 4.69) is 46.5 Å². The quantitative estimate of drug-likeness (QED) is 0.766. The molecular weight excluding hydrogens is 356 g/mol. The highest BCUT2D eigenvalue weighted by atomic mass is 79.9. The van der Waals surface area contributed by atoms with Crippen molar-refractivity contribution in [3.05, 3.63) is 40.4 Å². The molecule has 23 heavy (non-hydrogen) atoms. The van der Waals surface area contributed by atoms with Crippen LogP contribution in [0.5, 0.6) is 0 Å². The predicted octanol–water partition coefficient (Wildman–Crippen LogP) is 3.74. The minimum absolute atomic E-state index is 0.0196. The minimum Gasteiger partial charge on any atom is -0.347 e. The SMILES string of the molecule is CC(C)=CC1C(C(=O)NCC(=O)Nc2ccccc2Br)C1(C)C. The van der Waals surface area contributed by atoms with Gasteiger partial charge in [0.2, 0.25) is 11.8 Å². The molecule has 1 aliphatic carbocycles. The first-order chi connectivity index (χ1) is 10.7. The molecule has 1 fully saturated rings. The van der Waals surface area contributed by atoms with Crippen LogP contribution in [0.3, 0.4) is 0 Å². The van der Waals surface area contributed by atoms with Gasteiger partial charge in [0.25, 0.3) is 0 Å². The van der Waals surface area contributed by atoms with E-state index in [4.69, 9.17) is 0 Å². The Balaban J connectivity index is 1.87. The van der Waals surface area contributed by atoms with Crippen LogP contribution in [0.1, 0.15) is 27.7 Å². The van der Waals surface area contributed by atoms with Crippen molar-refractivity contribution in [2.45, 2.75) is 27.7 Å². The van der Waals surface area contributed by atoms with E-state index in [0.717, 1.165) is 4.47 Å². The number of halogens is 1. The van der Waals surface area contributed by atoms with Gasteiger partial charge in [-0.15, -0.1) is 0 Å². The van der Waals surface area contributed by atoms with E-state index in [1.54, 1.807) is 6.07 Å². The number of carbonyl (C=O) groups is 2. The van der Waals surface area contributed by atoms with Crippen molar-refractivity contribution in [3.63, 3.8) is 0 Å². The van der Waals surface area contributed by atoms with Crippen LogP contribution in [0.4, 0.5) is 5.69 Å². The number of anilines is 1. The topological polar surface area (TPSA) is 58.2 Å². The summed E-state index contributed by atoms with van der Waals surface area (Å²) in [4.78, 5) is 24.3. The molecule has 0 aliphatic heterocycles. The third kappa shape index (κ3) is 4.22. The maximum absolute atomic E-state index is 12.3. The summed E-state index contributed by atoms with van der Waals surface area (Å²) in [5.41, 5.74) is 1.87.